The summed E-state index contributed by atoms with van der Waals surface area (Å²) in [5.41, 5.74) is 2.78. The molecule has 1 amide bonds. The monoisotopic (exact) mass is 441 g/mol. The van der Waals surface area contributed by atoms with Crippen LogP contribution in [0.25, 0.3) is 0 Å². The molecule has 0 unspecified atom stereocenters. The molecule has 0 radical (unpaired) electrons. The van der Waals surface area contributed by atoms with E-state index in [-0.39, 0.29) is 5.91 Å². The first-order valence-corrected chi connectivity index (χ1v) is 12.1. The van der Waals surface area contributed by atoms with E-state index in [0.717, 1.165) is 53.9 Å². The third-order valence-corrected chi connectivity index (χ3v) is 6.56. The number of nitrogens with one attached hydrogen (secondary N) is 1. The maximum Gasteiger partial charge on any atom is 0.251 e. The summed E-state index contributed by atoms with van der Waals surface area (Å²) in [6, 6.07) is 10.4. The summed E-state index contributed by atoms with van der Waals surface area (Å²) >= 11 is 1.62. The highest BCUT2D eigenvalue weighted by atomic mass is 32.2. The van der Waals surface area contributed by atoms with Crippen molar-refractivity contribution < 1.29 is 4.79 Å². The van der Waals surface area contributed by atoms with Crippen molar-refractivity contribution in [1.82, 2.24) is 20.2 Å². The van der Waals surface area contributed by atoms with Gasteiger partial charge in [0.15, 0.2) is 5.16 Å². The average Bonchev–Trinajstić information content (AvgIpc) is 2.76. The summed E-state index contributed by atoms with van der Waals surface area (Å²) in [5.74, 6) is 2.13. The first-order chi connectivity index (χ1) is 14.8. The highest BCUT2D eigenvalue weighted by molar-refractivity contribution is 7.98. The number of amides is 1. The van der Waals surface area contributed by atoms with Gasteiger partial charge in [0.05, 0.1) is 0 Å². The summed E-state index contributed by atoms with van der Waals surface area (Å²) < 4.78 is 0. The summed E-state index contributed by atoms with van der Waals surface area (Å²) in [4.78, 5) is 26.5. The second-order valence-electron chi connectivity index (χ2n) is 8.89. The van der Waals surface area contributed by atoms with Crippen molar-refractivity contribution in [2.24, 2.45) is 5.92 Å². The molecule has 3 rings (SSSR count). The first-order valence-electron chi connectivity index (χ1n) is 11.1. The molecule has 0 aliphatic carbocycles. The Hall–Kier alpha value is -2.12. The number of carbonyl (C=O) groups excluding carboxylic acids is 1. The van der Waals surface area contributed by atoms with Crippen molar-refractivity contribution in [3.8, 4) is 0 Å². The molecule has 1 aliphatic rings. The molecule has 0 bridgehead atoms. The number of hydrogen-bond acceptors (Lipinski definition) is 6. The molecule has 6 nitrogen and oxygen atoms in total. The standard InChI is InChI=1S/C24H35N5OS/c1-17(2)15-25-23(30)20-8-6-7-19(14-20)16-31-24-26-18(3)13-22(27-24)29(5)21-9-11-28(4)12-10-21/h6-8,13-14,17,21H,9-12,15-16H2,1-5H3,(H,25,30). The van der Waals surface area contributed by atoms with Crippen LogP contribution in [0, 0.1) is 12.8 Å². The fraction of sp³-hybridized carbons (Fsp3) is 0.542. The third kappa shape index (κ3) is 6.94. The maximum absolute atomic E-state index is 12.4. The lowest BCUT2D eigenvalue weighted by Gasteiger charge is -2.35. The van der Waals surface area contributed by atoms with Crippen LogP contribution in [0.4, 0.5) is 5.82 Å². The lowest BCUT2D eigenvalue weighted by atomic mass is 10.0. The van der Waals surface area contributed by atoms with Gasteiger partial charge in [-0.1, -0.05) is 37.7 Å². The molecule has 2 heterocycles. The van der Waals surface area contributed by atoms with Crippen LogP contribution in [0.15, 0.2) is 35.5 Å². The SMILES string of the molecule is Cc1cc(N(C)C2CCN(C)CC2)nc(SCc2cccc(C(=O)NCC(C)C)c2)n1. The van der Waals surface area contributed by atoms with Crippen molar-refractivity contribution >= 4 is 23.5 Å². The number of carbonyl (C=O) groups is 1. The third-order valence-electron chi connectivity index (χ3n) is 5.65. The first kappa shape index (κ1) is 23.5. The summed E-state index contributed by atoms with van der Waals surface area (Å²) in [5, 5.41) is 3.76. The number of rotatable bonds is 8. The van der Waals surface area contributed by atoms with Gasteiger partial charge in [0.2, 0.25) is 0 Å². The molecule has 0 saturated carbocycles. The number of piperidine rings is 1. The van der Waals surface area contributed by atoms with Gasteiger partial charge in [-0.05, 0) is 63.5 Å². The average molecular weight is 442 g/mol. The number of anilines is 1. The van der Waals surface area contributed by atoms with Gasteiger partial charge in [-0.25, -0.2) is 9.97 Å². The van der Waals surface area contributed by atoms with Crippen LogP contribution >= 0.6 is 11.8 Å². The minimum Gasteiger partial charge on any atom is -0.356 e. The van der Waals surface area contributed by atoms with Crippen molar-refractivity contribution in [1.29, 1.82) is 0 Å². The Morgan fingerprint density at radius 1 is 1.26 bits per heavy atom. The zero-order valence-corrected chi connectivity index (χ0v) is 20.2. The van der Waals surface area contributed by atoms with Gasteiger partial charge in [-0.3, -0.25) is 4.79 Å². The number of benzene rings is 1. The lowest BCUT2D eigenvalue weighted by Crippen LogP contribution is -2.42. The molecular weight excluding hydrogens is 406 g/mol. The van der Waals surface area contributed by atoms with Crippen LogP contribution < -0.4 is 10.2 Å². The largest absolute Gasteiger partial charge is 0.356 e. The number of nitrogens with zero attached hydrogens (tertiary/aromatic N) is 4. The Bertz CT molecular complexity index is 880. The Labute approximate surface area is 190 Å². The van der Waals surface area contributed by atoms with Crippen molar-refractivity contribution in [3.05, 3.63) is 47.2 Å². The molecule has 1 aliphatic heterocycles. The fourth-order valence-corrected chi connectivity index (χ4v) is 4.53. The second kappa shape index (κ2) is 11.0. The predicted molar refractivity (Wildman–Crippen MR) is 129 cm³/mol. The molecule has 0 atom stereocenters. The zero-order chi connectivity index (χ0) is 22.4. The Morgan fingerprint density at radius 2 is 2.00 bits per heavy atom. The van der Waals surface area contributed by atoms with E-state index in [1.807, 2.05) is 31.2 Å². The molecule has 168 valence electrons. The molecule has 1 fully saturated rings. The van der Waals surface area contributed by atoms with E-state index in [9.17, 15) is 4.79 Å². The van der Waals surface area contributed by atoms with Crippen molar-refractivity contribution in [2.45, 2.75) is 50.6 Å². The Morgan fingerprint density at radius 3 is 2.71 bits per heavy atom. The van der Waals surface area contributed by atoms with E-state index in [4.69, 9.17) is 4.98 Å². The minimum atomic E-state index is -0.0191. The molecule has 1 N–H and O–H groups in total. The van der Waals surface area contributed by atoms with Crippen LogP contribution in [0.5, 0.6) is 0 Å². The molecular formula is C24H35N5OS. The van der Waals surface area contributed by atoms with Crippen LogP contribution in [0.1, 0.15) is 48.3 Å². The smallest absolute Gasteiger partial charge is 0.251 e. The van der Waals surface area contributed by atoms with Gasteiger partial charge in [-0.2, -0.15) is 0 Å². The second-order valence-corrected chi connectivity index (χ2v) is 9.83. The zero-order valence-electron chi connectivity index (χ0n) is 19.4. The summed E-state index contributed by atoms with van der Waals surface area (Å²) in [6.07, 6.45) is 2.31. The molecule has 1 aromatic heterocycles. The van der Waals surface area contributed by atoms with Gasteiger partial charge >= 0.3 is 0 Å². The molecule has 0 spiro atoms. The van der Waals surface area contributed by atoms with E-state index in [0.29, 0.717) is 24.1 Å². The molecule has 1 aromatic carbocycles. The predicted octanol–water partition coefficient (Wildman–Crippen LogP) is 3.99. The molecule has 7 heteroatoms. The number of likely N-dealkylation sites (tertiary alicyclic amines) is 1. The minimum absolute atomic E-state index is 0.0191. The van der Waals surface area contributed by atoms with E-state index in [1.54, 1.807) is 11.8 Å². The van der Waals surface area contributed by atoms with Crippen LogP contribution in [-0.4, -0.2) is 60.5 Å². The van der Waals surface area contributed by atoms with Crippen LogP contribution in [-0.2, 0) is 5.75 Å². The maximum atomic E-state index is 12.4. The topological polar surface area (TPSA) is 61.4 Å². The van der Waals surface area contributed by atoms with E-state index >= 15 is 0 Å². The van der Waals surface area contributed by atoms with E-state index in [1.165, 1.54) is 0 Å². The Balaban J connectivity index is 1.64. The molecule has 31 heavy (non-hydrogen) atoms. The van der Waals surface area contributed by atoms with Gasteiger partial charge < -0.3 is 15.1 Å². The van der Waals surface area contributed by atoms with Crippen molar-refractivity contribution in [2.75, 3.05) is 38.6 Å². The molecule has 1 saturated heterocycles. The number of aromatic nitrogens is 2. The quantitative estimate of drug-likeness (QED) is 0.494. The van der Waals surface area contributed by atoms with Crippen molar-refractivity contribution in [3.63, 3.8) is 0 Å². The fourth-order valence-electron chi connectivity index (χ4n) is 3.69. The Kier molecular flexibility index (Phi) is 8.32. The lowest BCUT2D eigenvalue weighted by molar-refractivity contribution is 0.0949. The summed E-state index contributed by atoms with van der Waals surface area (Å²) in [6.45, 7) is 9.14. The number of aryl methyl sites for hydroxylation is 1. The summed E-state index contributed by atoms with van der Waals surface area (Å²) in [7, 11) is 4.33. The molecule has 2 aromatic rings. The van der Waals surface area contributed by atoms with E-state index < -0.39 is 0 Å². The highest BCUT2D eigenvalue weighted by Crippen LogP contribution is 2.25. The van der Waals surface area contributed by atoms with Crippen LogP contribution in [0.2, 0.25) is 0 Å². The number of hydrogen-bond donors (Lipinski definition) is 1. The number of thioether (sulfide) groups is 1. The van der Waals surface area contributed by atoms with Crippen LogP contribution in [0.3, 0.4) is 0 Å². The van der Waals surface area contributed by atoms with Gasteiger partial charge in [0.25, 0.3) is 5.91 Å². The van der Waals surface area contributed by atoms with E-state index in [2.05, 4.69) is 54.1 Å². The normalized spacial score (nSPS) is 15.3. The van der Waals surface area contributed by atoms with Gasteiger partial charge in [-0.15, -0.1) is 0 Å². The van der Waals surface area contributed by atoms with Gasteiger partial charge in [0, 0.05) is 42.7 Å². The van der Waals surface area contributed by atoms with Gasteiger partial charge in [0.1, 0.15) is 5.82 Å². The highest BCUT2D eigenvalue weighted by Gasteiger charge is 2.22.